The van der Waals surface area contributed by atoms with Crippen LogP contribution in [-0.4, -0.2) is 11.5 Å². The minimum absolute atomic E-state index is 0.506. The Morgan fingerprint density at radius 3 is 2.80 bits per heavy atom. The number of hydrogen-bond donors (Lipinski definition) is 2. The lowest BCUT2D eigenvalue weighted by molar-refractivity contribution is 0.380. The molecule has 0 aromatic carbocycles. The summed E-state index contributed by atoms with van der Waals surface area (Å²) in [6.07, 6.45) is 4.41. The van der Waals surface area contributed by atoms with Crippen molar-refractivity contribution < 1.29 is 0 Å². The summed E-state index contributed by atoms with van der Waals surface area (Å²) in [5.41, 5.74) is 6.97. The van der Waals surface area contributed by atoms with Gasteiger partial charge in [-0.05, 0) is 30.2 Å². The highest BCUT2D eigenvalue weighted by molar-refractivity contribution is 5.48. The van der Waals surface area contributed by atoms with Crippen molar-refractivity contribution in [1.82, 2.24) is 4.98 Å². The molecule has 0 atom stereocenters. The highest BCUT2D eigenvalue weighted by atomic mass is 15.0. The minimum Gasteiger partial charge on any atom is -0.399 e. The summed E-state index contributed by atoms with van der Waals surface area (Å²) in [4.78, 5) is 4.24. The van der Waals surface area contributed by atoms with Crippen LogP contribution >= 0.6 is 0 Å². The molecule has 3 nitrogen and oxygen atoms in total. The summed E-state index contributed by atoms with van der Waals surface area (Å²) in [7, 11) is 0. The summed E-state index contributed by atoms with van der Waals surface area (Å²) in [6.45, 7) is 5.60. The van der Waals surface area contributed by atoms with Gasteiger partial charge < -0.3 is 11.1 Å². The Morgan fingerprint density at radius 1 is 1.53 bits per heavy atom. The van der Waals surface area contributed by atoms with Gasteiger partial charge in [-0.15, -0.1) is 0 Å². The van der Waals surface area contributed by atoms with Gasteiger partial charge in [-0.1, -0.05) is 13.8 Å². The Kier molecular flexibility index (Phi) is 2.55. The Balaban J connectivity index is 1.94. The highest BCUT2D eigenvalue weighted by Crippen LogP contribution is 2.51. The number of nitrogens with zero attached hydrogens (tertiary/aromatic N) is 1. The average molecular weight is 205 g/mol. The molecule has 3 heteroatoms. The Morgan fingerprint density at radius 2 is 2.27 bits per heavy atom. The van der Waals surface area contributed by atoms with Crippen LogP contribution in [0.1, 0.15) is 26.7 Å². The molecule has 1 heterocycles. The van der Waals surface area contributed by atoms with Crippen molar-refractivity contribution in [2.75, 3.05) is 17.6 Å². The molecule has 1 saturated carbocycles. The van der Waals surface area contributed by atoms with Gasteiger partial charge in [0, 0.05) is 24.5 Å². The number of hydrogen-bond acceptors (Lipinski definition) is 3. The van der Waals surface area contributed by atoms with Crippen LogP contribution in [0.5, 0.6) is 0 Å². The van der Waals surface area contributed by atoms with Crippen LogP contribution in [-0.2, 0) is 0 Å². The fraction of sp³-hybridized carbons (Fsp3) is 0.583. The molecule has 0 amide bonds. The predicted molar refractivity (Wildman–Crippen MR) is 63.6 cm³/mol. The first-order valence-corrected chi connectivity index (χ1v) is 5.58. The smallest absolute Gasteiger partial charge is 0.127 e. The van der Waals surface area contributed by atoms with E-state index < -0.39 is 0 Å². The molecule has 1 fully saturated rings. The Hall–Kier alpha value is -1.25. The van der Waals surface area contributed by atoms with E-state index in [-0.39, 0.29) is 0 Å². The molecule has 0 unspecified atom stereocenters. The number of nitrogens with two attached hydrogens (primary N) is 1. The average Bonchev–Trinajstić information content (AvgIpc) is 2.96. The van der Waals surface area contributed by atoms with Crippen LogP contribution < -0.4 is 11.1 Å². The van der Waals surface area contributed by atoms with Gasteiger partial charge in [-0.25, -0.2) is 4.98 Å². The standard InChI is InChI=1S/C12H19N3/c1-9(2)12(4-5-12)8-15-11-7-10(13)3-6-14-11/h3,6-7,9H,4-5,8H2,1-2H3,(H3,13,14,15). The molecular formula is C12H19N3. The summed E-state index contributed by atoms with van der Waals surface area (Å²) in [6, 6.07) is 3.69. The van der Waals surface area contributed by atoms with Gasteiger partial charge in [0.05, 0.1) is 0 Å². The van der Waals surface area contributed by atoms with E-state index in [1.54, 1.807) is 12.3 Å². The van der Waals surface area contributed by atoms with Gasteiger partial charge in [0.15, 0.2) is 0 Å². The van der Waals surface area contributed by atoms with E-state index in [4.69, 9.17) is 5.73 Å². The van der Waals surface area contributed by atoms with Crippen molar-refractivity contribution >= 4 is 11.5 Å². The highest BCUT2D eigenvalue weighted by Gasteiger charge is 2.44. The van der Waals surface area contributed by atoms with Crippen LogP contribution in [0.4, 0.5) is 11.5 Å². The quantitative estimate of drug-likeness (QED) is 0.794. The fourth-order valence-electron chi connectivity index (χ4n) is 1.93. The van der Waals surface area contributed by atoms with E-state index in [0.29, 0.717) is 5.41 Å². The van der Waals surface area contributed by atoms with Crippen molar-refractivity contribution in [1.29, 1.82) is 0 Å². The maximum Gasteiger partial charge on any atom is 0.127 e. The largest absolute Gasteiger partial charge is 0.399 e. The molecule has 3 N–H and O–H groups in total. The zero-order valence-electron chi connectivity index (χ0n) is 9.46. The van der Waals surface area contributed by atoms with Gasteiger partial charge in [0.25, 0.3) is 0 Å². The zero-order valence-corrected chi connectivity index (χ0v) is 9.46. The molecule has 1 aromatic rings. The van der Waals surface area contributed by atoms with E-state index in [1.807, 2.05) is 6.07 Å². The third-order valence-electron chi connectivity index (χ3n) is 3.52. The molecule has 0 radical (unpaired) electrons. The van der Waals surface area contributed by atoms with Crippen LogP contribution in [0.3, 0.4) is 0 Å². The van der Waals surface area contributed by atoms with Crippen LogP contribution in [0.15, 0.2) is 18.3 Å². The van der Waals surface area contributed by atoms with Gasteiger partial charge >= 0.3 is 0 Å². The summed E-state index contributed by atoms with van der Waals surface area (Å²) >= 11 is 0. The maximum absolute atomic E-state index is 5.69. The second kappa shape index (κ2) is 3.72. The fourth-order valence-corrected chi connectivity index (χ4v) is 1.93. The second-order valence-corrected chi connectivity index (χ2v) is 4.85. The maximum atomic E-state index is 5.69. The van der Waals surface area contributed by atoms with Crippen LogP contribution in [0, 0.1) is 11.3 Å². The van der Waals surface area contributed by atoms with E-state index in [9.17, 15) is 0 Å². The van der Waals surface area contributed by atoms with Crippen molar-refractivity contribution in [3.63, 3.8) is 0 Å². The SMILES string of the molecule is CC(C)C1(CNc2cc(N)ccn2)CC1. The molecule has 0 aliphatic heterocycles. The summed E-state index contributed by atoms with van der Waals surface area (Å²) < 4.78 is 0. The van der Waals surface area contributed by atoms with Crippen molar-refractivity contribution in [2.24, 2.45) is 11.3 Å². The number of anilines is 2. The number of aromatic nitrogens is 1. The lowest BCUT2D eigenvalue weighted by Gasteiger charge is -2.20. The predicted octanol–water partition coefficient (Wildman–Crippen LogP) is 2.51. The summed E-state index contributed by atoms with van der Waals surface area (Å²) in [5, 5.41) is 3.38. The number of nitrogens with one attached hydrogen (secondary N) is 1. The first-order chi connectivity index (χ1) is 7.12. The first-order valence-electron chi connectivity index (χ1n) is 5.58. The van der Waals surface area contributed by atoms with Gasteiger partial charge in [0.2, 0.25) is 0 Å². The minimum atomic E-state index is 0.506. The number of nitrogen functional groups attached to an aromatic ring is 1. The van der Waals surface area contributed by atoms with Crippen molar-refractivity contribution in [2.45, 2.75) is 26.7 Å². The van der Waals surface area contributed by atoms with Gasteiger partial charge in [0.1, 0.15) is 5.82 Å². The van der Waals surface area contributed by atoms with Crippen LogP contribution in [0.2, 0.25) is 0 Å². The lowest BCUT2D eigenvalue weighted by Crippen LogP contribution is -2.21. The molecular weight excluding hydrogens is 186 g/mol. The molecule has 1 aromatic heterocycles. The van der Waals surface area contributed by atoms with E-state index in [2.05, 4.69) is 24.1 Å². The number of rotatable bonds is 4. The Labute approximate surface area is 91.1 Å². The summed E-state index contributed by atoms with van der Waals surface area (Å²) in [5.74, 6) is 1.63. The first kappa shape index (κ1) is 10.3. The van der Waals surface area contributed by atoms with Gasteiger partial charge in [-0.2, -0.15) is 0 Å². The Bertz CT molecular complexity index is 342. The molecule has 0 saturated heterocycles. The van der Waals surface area contributed by atoms with Crippen molar-refractivity contribution in [3.05, 3.63) is 18.3 Å². The second-order valence-electron chi connectivity index (χ2n) is 4.85. The molecule has 0 bridgehead atoms. The third kappa shape index (κ3) is 2.22. The van der Waals surface area contributed by atoms with E-state index in [1.165, 1.54) is 12.8 Å². The lowest BCUT2D eigenvalue weighted by atomic mass is 9.92. The number of pyridine rings is 1. The van der Waals surface area contributed by atoms with E-state index >= 15 is 0 Å². The van der Waals surface area contributed by atoms with E-state index in [0.717, 1.165) is 24.0 Å². The molecule has 1 aliphatic carbocycles. The van der Waals surface area contributed by atoms with Crippen LogP contribution in [0.25, 0.3) is 0 Å². The zero-order chi connectivity index (χ0) is 10.9. The normalized spacial score (nSPS) is 17.8. The molecule has 0 spiro atoms. The molecule has 82 valence electrons. The molecule has 2 rings (SSSR count). The topological polar surface area (TPSA) is 50.9 Å². The van der Waals surface area contributed by atoms with Crippen molar-refractivity contribution in [3.8, 4) is 0 Å². The molecule has 15 heavy (non-hydrogen) atoms. The molecule has 1 aliphatic rings. The third-order valence-corrected chi connectivity index (χ3v) is 3.52. The monoisotopic (exact) mass is 205 g/mol. The van der Waals surface area contributed by atoms with Gasteiger partial charge in [-0.3, -0.25) is 0 Å².